The second kappa shape index (κ2) is 3.83. The maximum absolute atomic E-state index is 2.20. The second-order valence-corrected chi connectivity index (χ2v) is 3.94. The van der Waals surface area contributed by atoms with Crippen LogP contribution >= 0.6 is 11.8 Å². The fourth-order valence-corrected chi connectivity index (χ4v) is 1.67. The fourth-order valence-electron chi connectivity index (χ4n) is 0.758. The predicted octanol–water partition coefficient (Wildman–Crippen LogP) is 1.79. The van der Waals surface area contributed by atoms with Crippen molar-refractivity contribution in [1.82, 2.24) is 0 Å². The van der Waals surface area contributed by atoms with Gasteiger partial charge >= 0.3 is 0 Å². The van der Waals surface area contributed by atoms with Crippen molar-refractivity contribution >= 4 is 26.5 Å². The van der Waals surface area contributed by atoms with Gasteiger partial charge in [0.1, 0.15) is 0 Å². The number of hydrogen-bond acceptors (Lipinski definition) is 1. The lowest BCUT2D eigenvalue weighted by atomic mass is 10.4. The first kappa shape index (κ1) is 7.89. The topological polar surface area (TPSA) is 0 Å². The first-order valence-corrected chi connectivity index (χ1v) is 5.91. The van der Waals surface area contributed by atoms with Crippen LogP contribution in [0.25, 0.3) is 0 Å². The van der Waals surface area contributed by atoms with E-state index in [0.29, 0.717) is 0 Å². The number of benzene rings is 1. The molecule has 1 rings (SSSR count). The van der Waals surface area contributed by atoms with Crippen LogP contribution < -0.4 is 5.19 Å². The second-order valence-electron chi connectivity index (χ2n) is 1.98. The van der Waals surface area contributed by atoms with E-state index in [9.17, 15) is 0 Å². The molecule has 2 radical (unpaired) electrons. The average molecular weight is 166 g/mol. The van der Waals surface area contributed by atoms with Crippen LogP contribution in [0.15, 0.2) is 29.2 Å². The van der Waals surface area contributed by atoms with Crippen LogP contribution in [-0.2, 0) is 0 Å². The van der Waals surface area contributed by atoms with Crippen molar-refractivity contribution in [3.05, 3.63) is 24.3 Å². The van der Waals surface area contributed by atoms with Crippen LogP contribution in [0.5, 0.6) is 0 Å². The summed E-state index contributed by atoms with van der Waals surface area (Å²) in [4.78, 5) is 1.35. The molecule has 0 saturated carbocycles. The molecule has 0 aliphatic rings. The summed E-state index contributed by atoms with van der Waals surface area (Å²) < 4.78 is 0. The van der Waals surface area contributed by atoms with Crippen LogP contribution in [0.2, 0.25) is 6.55 Å². The molecule has 1 aromatic carbocycles. The molecule has 52 valence electrons. The number of thioether (sulfide) groups is 1. The van der Waals surface area contributed by atoms with Gasteiger partial charge in [-0.1, -0.05) is 23.9 Å². The summed E-state index contributed by atoms with van der Waals surface area (Å²) in [6.07, 6.45) is 2.10. The third kappa shape index (κ3) is 1.89. The summed E-state index contributed by atoms with van der Waals surface area (Å²) >= 11 is 1.79. The van der Waals surface area contributed by atoms with Gasteiger partial charge in [0.25, 0.3) is 0 Å². The molecule has 0 nitrogen and oxygen atoms in total. The van der Waals surface area contributed by atoms with Gasteiger partial charge in [-0.2, -0.15) is 0 Å². The van der Waals surface area contributed by atoms with E-state index in [1.807, 2.05) is 0 Å². The number of hydrogen-bond donors (Lipinski definition) is 0. The third-order valence-electron chi connectivity index (χ3n) is 1.38. The van der Waals surface area contributed by atoms with Crippen molar-refractivity contribution in [2.24, 2.45) is 0 Å². The van der Waals surface area contributed by atoms with Crippen LogP contribution in [0, 0.1) is 0 Å². The zero-order valence-electron chi connectivity index (χ0n) is 6.22. The lowest BCUT2D eigenvalue weighted by molar-refractivity contribution is 1.49. The first-order valence-electron chi connectivity index (χ1n) is 3.18. The highest BCUT2D eigenvalue weighted by molar-refractivity contribution is 7.98. The van der Waals surface area contributed by atoms with Crippen molar-refractivity contribution in [3.63, 3.8) is 0 Å². The molecule has 0 heterocycles. The molecule has 0 saturated heterocycles. The van der Waals surface area contributed by atoms with Gasteiger partial charge in [-0.15, -0.1) is 11.8 Å². The Bertz CT molecular complexity index is 170. The minimum atomic E-state index is 0.919. The van der Waals surface area contributed by atoms with E-state index in [2.05, 4.69) is 37.1 Å². The molecule has 0 spiro atoms. The van der Waals surface area contributed by atoms with E-state index >= 15 is 0 Å². The molecule has 0 amide bonds. The molecule has 0 atom stereocenters. The van der Waals surface area contributed by atoms with E-state index in [1.54, 1.807) is 11.8 Å². The molecule has 0 aliphatic heterocycles. The highest BCUT2D eigenvalue weighted by Gasteiger charge is 1.89. The Labute approximate surface area is 68.9 Å². The predicted molar refractivity (Wildman–Crippen MR) is 49.5 cm³/mol. The van der Waals surface area contributed by atoms with E-state index in [1.165, 1.54) is 10.1 Å². The standard InChI is InChI=1S/C8H10SSi/c1-9-7-3-5-8(10-2)6-4-7/h3-6H,1-2H3. The zero-order chi connectivity index (χ0) is 7.40. The monoisotopic (exact) mass is 166 g/mol. The van der Waals surface area contributed by atoms with E-state index < -0.39 is 0 Å². The lowest BCUT2D eigenvalue weighted by Gasteiger charge is -1.96. The Morgan fingerprint density at radius 1 is 1.20 bits per heavy atom. The molecule has 0 aliphatic carbocycles. The third-order valence-corrected chi connectivity index (χ3v) is 3.03. The minimum Gasteiger partial charge on any atom is -0.130 e. The maximum Gasteiger partial charge on any atom is 0.0773 e. The Morgan fingerprint density at radius 3 is 2.20 bits per heavy atom. The van der Waals surface area contributed by atoms with E-state index in [0.717, 1.165) is 9.52 Å². The van der Waals surface area contributed by atoms with Crippen molar-refractivity contribution in [1.29, 1.82) is 0 Å². The average Bonchev–Trinajstić information content (AvgIpc) is 2.05. The molecule has 0 aromatic heterocycles. The summed E-state index contributed by atoms with van der Waals surface area (Å²) in [5.74, 6) is 0. The van der Waals surface area contributed by atoms with Crippen LogP contribution in [0.1, 0.15) is 0 Å². The van der Waals surface area contributed by atoms with Gasteiger partial charge in [0.05, 0.1) is 9.52 Å². The Morgan fingerprint density at radius 2 is 1.80 bits per heavy atom. The molecule has 0 bridgehead atoms. The molecule has 0 N–H and O–H groups in total. The molecule has 1 aromatic rings. The van der Waals surface area contributed by atoms with Gasteiger partial charge < -0.3 is 0 Å². The van der Waals surface area contributed by atoms with Gasteiger partial charge in [-0.05, 0) is 18.4 Å². The Hall–Kier alpha value is -0.213. The van der Waals surface area contributed by atoms with Crippen LogP contribution in [-0.4, -0.2) is 15.8 Å². The Balaban J connectivity index is 2.80. The van der Waals surface area contributed by atoms with Gasteiger partial charge in [0.15, 0.2) is 0 Å². The van der Waals surface area contributed by atoms with Crippen LogP contribution in [0.3, 0.4) is 0 Å². The van der Waals surface area contributed by atoms with Crippen LogP contribution in [0.4, 0.5) is 0 Å². The highest BCUT2D eigenvalue weighted by Crippen LogP contribution is 2.10. The molecular formula is C8H10SSi. The fraction of sp³-hybridized carbons (Fsp3) is 0.250. The maximum atomic E-state index is 2.20. The summed E-state index contributed by atoms with van der Waals surface area (Å²) in [5, 5.41) is 1.44. The molecule has 10 heavy (non-hydrogen) atoms. The van der Waals surface area contributed by atoms with Crippen molar-refractivity contribution < 1.29 is 0 Å². The van der Waals surface area contributed by atoms with Gasteiger partial charge in [0.2, 0.25) is 0 Å². The first-order chi connectivity index (χ1) is 4.86. The van der Waals surface area contributed by atoms with Gasteiger partial charge in [-0.3, -0.25) is 0 Å². The smallest absolute Gasteiger partial charge is 0.0773 e. The minimum absolute atomic E-state index is 0.919. The largest absolute Gasteiger partial charge is 0.130 e. The van der Waals surface area contributed by atoms with Crippen molar-refractivity contribution in [2.45, 2.75) is 11.4 Å². The lowest BCUT2D eigenvalue weighted by Crippen LogP contribution is -2.08. The van der Waals surface area contributed by atoms with Crippen molar-refractivity contribution in [3.8, 4) is 0 Å². The SMILES string of the molecule is C[Si]c1ccc(SC)cc1. The summed E-state index contributed by atoms with van der Waals surface area (Å²) in [7, 11) is 0.919. The summed E-state index contributed by atoms with van der Waals surface area (Å²) in [5.41, 5.74) is 0. The quantitative estimate of drug-likeness (QED) is 0.477. The normalized spacial score (nSPS) is 9.80. The van der Waals surface area contributed by atoms with Crippen molar-refractivity contribution in [2.75, 3.05) is 6.26 Å². The molecule has 2 heteroatoms. The summed E-state index contributed by atoms with van der Waals surface area (Å²) in [6.45, 7) is 2.20. The number of rotatable bonds is 2. The zero-order valence-corrected chi connectivity index (χ0v) is 8.03. The summed E-state index contributed by atoms with van der Waals surface area (Å²) in [6, 6.07) is 8.75. The molecule has 0 fully saturated rings. The molecule has 0 unspecified atom stereocenters. The van der Waals surface area contributed by atoms with Gasteiger partial charge in [-0.25, -0.2) is 0 Å². The molecular weight excluding hydrogens is 156 g/mol. The highest BCUT2D eigenvalue weighted by atomic mass is 32.2. The van der Waals surface area contributed by atoms with E-state index in [-0.39, 0.29) is 0 Å². The Kier molecular flexibility index (Phi) is 3.03. The van der Waals surface area contributed by atoms with E-state index in [4.69, 9.17) is 0 Å². The van der Waals surface area contributed by atoms with Gasteiger partial charge in [0, 0.05) is 4.90 Å².